The molecular formula is C22H44O6. The molecule has 0 rings (SSSR count). The summed E-state index contributed by atoms with van der Waals surface area (Å²) in [7, 11) is 0. The standard InChI is InChI=1S/C22H44O6/c1-2-19(24)18-28-22(27)16-12-8-5-7-11-15-21(26)20(25)14-10-6-3-4-9-13-17-23/h19-21,23-26H,2-18H2,1H3. The smallest absolute Gasteiger partial charge is 0.305 e. The van der Waals surface area contributed by atoms with Crippen LogP contribution < -0.4 is 0 Å². The zero-order chi connectivity index (χ0) is 21.0. The van der Waals surface area contributed by atoms with Gasteiger partial charge in [0.2, 0.25) is 0 Å². The molecule has 168 valence electrons. The quantitative estimate of drug-likeness (QED) is 0.183. The molecule has 3 atom stereocenters. The van der Waals surface area contributed by atoms with E-state index in [1.165, 1.54) is 0 Å². The van der Waals surface area contributed by atoms with Gasteiger partial charge < -0.3 is 25.2 Å². The number of ether oxygens (including phenoxy) is 1. The number of esters is 1. The second-order valence-corrected chi connectivity index (χ2v) is 7.82. The Hall–Kier alpha value is -0.690. The molecule has 0 aliphatic heterocycles. The van der Waals surface area contributed by atoms with E-state index in [1.54, 1.807) is 0 Å². The Morgan fingerprint density at radius 2 is 1.21 bits per heavy atom. The van der Waals surface area contributed by atoms with Crippen LogP contribution in [0, 0.1) is 0 Å². The summed E-state index contributed by atoms with van der Waals surface area (Å²) in [5.74, 6) is -0.251. The van der Waals surface area contributed by atoms with Gasteiger partial charge in [-0.1, -0.05) is 64.7 Å². The first-order valence-corrected chi connectivity index (χ1v) is 11.3. The number of carbonyl (C=O) groups excluding carboxylic acids is 1. The van der Waals surface area contributed by atoms with Gasteiger partial charge in [-0.05, 0) is 32.1 Å². The predicted molar refractivity (Wildman–Crippen MR) is 111 cm³/mol. The van der Waals surface area contributed by atoms with Crippen molar-refractivity contribution in [3.8, 4) is 0 Å². The molecule has 4 N–H and O–H groups in total. The largest absolute Gasteiger partial charge is 0.463 e. The van der Waals surface area contributed by atoms with E-state index in [0.717, 1.165) is 70.6 Å². The number of aliphatic hydroxyl groups is 4. The summed E-state index contributed by atoms with van der Waals surface area (Å²) in [6.45, 7) is 2.19. The third kappa shape index (κ3) is 17.4. The Morgan fingerprint density at radius 1 is 0.750 bits per heavy atom. The first kappa shape index (κ1) is 27.3. The first-order chi connectivity index (χ1) is 13.5. The minimum atomic E-state index is -0.644. The van der Waals surface area contributed by atoms with Gasteiger partial charge in [0.15, 0.2) is 0 Å². The van der Waals surface area contributed by atoms with Crippen LogP contribution in [0.25, 0.3) is 0 Å². The Balaban J connectivity index is 3.45. The van der Waals surface area contributed by atoms with Crippen molar-refractivity contribution in [1.82, 2.24) is 0 Å². The fraction of sp³-hybridized carbons (Fsp3) is 0.955. The molecule has 0 saturated carbocycles. The minimum Gasteiger partial charge on any atom is -0.463 e. The number of unbranched alkanes of at least 4 members (excludes halogenated alkanes) is 9. The van der Waals surface area contributed by atoms with Gasteiger partial charge in [0.1, 0.15) is 6.61 Å². The molecule has 6 nitrogen and oxygen atoms in total. The molecule has 3 unspecified atom stereocenters. The molecule has 6 heteroatoms. The summed E-state index contributed by atoms with van der Waals surface area (Å²) < 4.78 is 4.99. The molecule has 0 aliphatic carbocycles. The predicted octanol–water partition coefficient (Wildman–Crippen LogP) is 3.48. The molecule has 28 heavy (non-hydrogen) atoms. The van der Waals surface area contributed by atoms with Gasteiger partial charge in [0.05, 0.1) is 18.3 Å². The first-order valence-electron chi connectivity index (χ1n) is 11.3. The number of rotatable bonds is 20. The number of carbonyl (C=O) groups is 1. The lowest BCUT2D eigenvalue weighted by molar-refractivity contribution is -0.146. The van der Waals surface area contributed by atoms with Crippen molar-refractivity contribution in [2.24, 2.45) is 0 Å². The molecule has 0 spiro atoms. The summed E-state index contributed by atoms with van der Waals surface area (Å²) in [4.78, 5) is 11.5. The van der Waals surface area contributed by atoms with E-state index in [0.29, 0.717) is 25.7 Å². The Bertz CT molecular complexity index is 350. The summed E-state index contributed by atoms with van der Waals surface area (Å²) in [5, 5.41) is 38.1. The fourth-order valence-corrected chi connectivity index (χ4v) is 3.09. The zero-order valence-corrected chi connectivity index (χ0v) is 17.9. The third-order valence-electron chi connectivity index (χ3n) is 5.14. The van der Waals surface area contributed by atoms with Crippen LogP contribution in [-0.4, -0.2) is 57.9 Å². The van der Waals surface area contributed by atoms with Gasteiger partial charge in [-0.15, -0.1) is 0 Å². The second kappa shape index (κ2) is 19.6. The van der Waals surface area contributed by atoms with E-state index in [2.05, 4.69) is 0 Å². The summed E-state index contributed by atoms with van der Waals surface area (Å²) in [5.41, 5.74) is 0. The Morgan fingerprint density at radius 3 is 1.71 bits per heavy atom. The van der Waals surface area contributed by atoms with Crippen LogP contribution in [0.15, 0.2) is 0 Å². The molecule has 0 amide bonds. The van der Waals surface area contributed by atoms with Crippen molar-refractivity contribution >= 4 is 5.97 Å². The highest BCUT2D eigenvalue weighted by molar-refractivity contribution is 5.69. The average molecular weight is 405 g/mol. The maximum Gasteiger partial charge on any atom is 0.305 e. The Kier molecular flexibility index (Phi) is 19.1. The molecule has 0 fully saturated rings. The highest BCUT2D eigenvalue weighted by Crippen LogP contribution is 2.15. The molecular weight excluding hydrogens is 360 g/mol. The SMILES string of the molecule is CCC(O)COC(=O)CCCCCCCC(O)C(O)CCCCCCCCO. The van der Waals surface area contributed by atoms with Gasteiger partial charge in [0.25, 0.3) is 0 Å². The maximum absolute atomic E-state index is 11.5. The monoisotopic (exact) mass is 404 g/mol. The van der Waals surface area contributed by atoms with Crippen LogP contribution in [0.4, 0.5) is 0 Å². The minimum absolute atomic E-state index is 0.0826. The van der Waals surface area contributed by atoms with Gasteiger partial charge in [-0.25, -0.2) is 0 Å². The van der Waals surface area contributed by atoms with Gasteiger partial charge in [0, 0.05) is 13.0 Å². The van der Waals surface area contributed by atoms with Crippen LogP contribution in [0.1, 0.15) is 103 Å². The molecule has 0 saturated heterocycles. The summed E-state index contributed by atoms with van der Waals surface area (Å²) >= 11 is 0. The van der Waals surface area contributed by atoms with Crippen molar-refractivity contribution < 1.29 is 30.0 Å². The van der Waals surface area contributed by atoms with Crippen LogP contribution in [0.3, 0.4) is 0 Å². The van der Waals surface area contributed by atoms with Gasteiger partial charge in [-0.2, -0.15) is 0 Å². The van der Waals surface area contributed by atoms with E-state index < -0.39 is 18.3 Å². The van der Waals surface area contributed by atoms with E-state index in [1.807, 2.05) is 6.92 Å². The van der Waals surface area contributed by atoms with Crippen LogP contribution in [-0.2, 0) is 9.53 Å². The Labute approximate surface area is 171 Å². The van der Waals surface area contributed by atoms with Crippen LogP contribution in [0.5, 0.6) is 0 Å². The number of aliphatic hydroxyl groups excluding tert-OH is 4. The van der Waals surface area contributed by atoms with Crippen molar-refractivity contribution in [2.75, 3.05) is 13.2 Å². The van der Waals surface area contributed by atoms with Crippen molar-refractivity contribution in [3.05, 3.63) is 0 Å². The zero-order valence-electron chi connectivity index (χ0n) is 17.9. The third-order valence-corrected chi connectivity index (χ3v) is 5.14. The highest BCUT2D eigenvalue weighted by atomic mass is 16.5. The lowest BCUT2D eigenvalue weighted by Gasteiger charge is -2.17. The fourth-order valence-electron chi connectivity index (χ4n) is 3.09. The van der Waals surface area contributed by atoms with E-state index in [9.17, 15) is 20.1 Å². The molecule has 0 radical (unpaired) electrons. The van der Waals surface area contributed by atoms with E-state index in [4.69, 9.17) is 9.84 Å². The lowest BCUT2D eigenvalue weighted by atomic mass is 9.99. The molecule has 0 aliphatic rings. The molecule has 0 bridgehead atoms. The lowest BCUT2D eigenvalue weighted by Crippen LogP contribution is -2.25. The van der Waals surface area contributed by atoms with Crippen molar-refractivity contribution in [2.45, 2.75) is 122 Å². The van der Waals surface area contributed by atoms with Crippen LogP contribution >= 0.6 is 0 Å². The van der Waals surface area contributed by atoms with Crippen molar-refractivity contribution in [3.63, 3.8) is 0 Å². The normalized spacial score (nSPS) is 14.6. The summed E-state index contributed by atoms with van der Waals surface area (Å²) in [6.07, 6.45) is 11.2. The molecule has 0 heterocycles. The summed E-state index contributed by atoms with van der Waals surface area (Å²) in [6, 6.07) is 0. The highest BCUT2D eigenvalue weighted by Gasteiger charge is 2.15. The topological polar surface area (TPSA) is 107 Å². The average Bonchev–Trinajstić information content (AvgIpc) is 2.70. The maximum atomic E-state index is 11.5. The molecule has 0 aromatic rings. The number of hydrogen-bond donors (Lipinski definition) is 4. The van der Waals surface area contributed by atoms with Gasteiger partial charge >= 0.3 is 5.97 Å². The second-order valence-electron chi connectivity index (χ2n) is 7.82. The molecule has 0 aromatic heterocycles. The number of hydrogen-bond acceptors (Lipinski definition) is 6. The molecule has 0 aromatic carbocycles. The van der Waals surface area contributed by atoms with Crippen molar-refractivity contribution in [1.29, 1.82) is 0 Å². The van der Waals surface area contributed by atoms with Crippen LogP contribution in [0.2, 0.25) is 0 Å². The van der Waals surface area contributed by atoms with E-state index >= 15 is 0 Å². The van der Waals surface area contributed by atoms with Gasteiger partial charge in [-0.3, -0.25) is 4.79 Å². The van der Waals surface area contributed by atoms with E-state index in [-0.39, 0.29) is 19.2 Å².